The van der Waals surface area contributed by atoms with Crippen LogP contribution in [0.25, 0.3) is 0 Å². The molecule has 0 radical (unpaired) electrons. The molecule has 0 fully saturated rings. The molecule has 0 saturated heterocycles. The number of carbonyl (C=O) groups is 4. The molecule has 0 spiro atoms. The summed E-state index contributed by atoms with van der Waals surface area (Å²) < 4.78 is 0. The van der Waals surface area contributed by atoms with E-state index in [2.05, 4.69) is 0 Å². The fourth-order valence-electron chi connectivity index (χ4n) is 0. The van der Waals surface area contributed by atoms with Crippen molar-refractivity contribution in [1.29, 1.82) is 0 Å². The van der Waals surface area contributed by atoms with Crippen molar-refractivity contribution in [1.82, 2.24) is 0 Å². The van der Waals surface area contributed by atoms with E-state index in [-0.39, 0.29) is 37.7 Å². The van der Waals surface area contributed by atoms with Crippen LogP contribution in [0.4, 0.5) is 0 Å². The Morgan fingerprint density at radius 2 is 0.846 bits per heavy atom. The summed E-state index contributed by atoms with van der Waals surface area (Å²) in [6.45, 7) is 1.88. The van der Waals surface area contributed by atoms with Gasteiger partial charge in [-0.1, -0.05) is 0 Å². The van der Waals surface area contributed by atoms with Gasteiger partial charge < -0.3 is 19.8 Å². The first-order valence-corrected chi connectivity index (χ1v) is 2.72. The Kier molecular flexibility index (Phi) is 13.6. The van der Waals surface area contributed by atoms with Crippen LogP contribution in [0.2, 0.25) is 0 Å². The predicted octanol–water partition coefficient (Wildman–Crippen LogP) is -3.73. The number of aliphatic carboxylic acids is 2. The van der Waals surface area contributed by atoms with E-state index in [1.165, 1.54) is 0 Å². The van der Waals surface area contributed by atoms with E-state index in [1.54, 1.807) is 0 Å². The van der Waals surface area contributed by atoms with Crippen LogP contribution in [-0.4, -0.2) is 61.2 Å². The molecule has 0 bridgehead atoms. The number of hydrogen-bond donors (Lipinski definition) is 0. The quantitative estimate of drug-likeness (QED) is 0.345. The van der Waals surface area contributed by atoms with Gasteiger partial charge in [0.1, 0.15) is 11.9 Å². The summed E-state index contributed by atoms with van der Waals surface area (Å²) in [6.07, 6.45) is 0. The van der Waals surface area contributed by atoms with Gasteiger partial charge >= 0.3 is 37.7 Å². The van der Waals surface area contributed by atoms with Crippen molar-refractivity contribution in [3.8, 4) is 0 Å². The maximum atomic E-state index is 9.48. The Morgan fingerprint density at radius 1 is 0.769 bits per heavy atom. The zero-order valence-corrected chi connectivity index (χ0v) is 9.36. The smallest absolute Gasteiger partial charge is 0.542 e. The molecule has 6 nitrogen and oxygen atoms in total. The maximum Gasteiger partial charge on any atom is 2.00 e. The average molecular weight is 214 g/mol. The molecule has 0 unspecified atom stereocenters. The van der Waals surface area contributed by atoms with E-state index < -0.39 is 23.5 Å². The van der Waals surface area contributed by atoms with E-state index in [9.17, 15) is 29.4 Å². The van der Waals surface area contributed by atoms with Crippen LogP contribution in [-0.2, 0) is 19.2 Å². The SMILES string of the molecule is CC(=O)C(=O)[O-].CC(=O)C(=O)[O-].[Ca+2]. The molecular weight excluding hydrogens is 208 g/mol. The van der Waals surface area contributed by atoms with Gasteiger partial charge in [-0.25, -0.2) is 0 Å². The number of carboxylic acid groups (broad SMARTS) is 2. The Labute approximate surface area is 104 Å². The Bertz CT molecular complexity index is 173. The monoisotopic (exact) mass is 214 g/mol. The summed E-state index contributed by atoms with van der Waals surface area (Å²) in [5, 5.41) is 18.5. The van der Waals surface area contributed by atoms with Crippen LogP contribution in [0, 0.1) is 0 Å². The molecule has 0 heterocycles. The fraction of sp³-hybridized carbons (Fsp3) is 0.333. The number of Topliss-reactive ketones (excluding diaryl/α,β-unsaturated/α-hetero) is 2. The van der Waals surface area contributed by atoms with Gasteiger partial charge in [0.15, 0.2) is 11.6 Å². The summed E-state index contributed by atoms with van der Waals surface area (Å²) in [5.41, 5.74) is 0. The molecule has 0 amide bonds. The largest absolute Gasteiger partial charge is 2.00 e. The van der Waals surface area contributed by atoms with Crippen LogP contribution >= 0.6 is 0 Å². The minimum absolute atomic E-state index is 0. The van der Waals surface area contributed by atoms with Crippen molar-refractivity contribution in [2.75, 3.05) is 0 Å². The number of ketones is 2. The molecule has 0 aromatic rings. The second-order valence-corrected chi connectivity index (χ2v) is 1.69. The second-order valence-electron chi connectivity index (χ2n) is 1.69. The normalized spacial score (nSPS) is 6.92. The summed E-state index contributed by atoms with van der Waals surface area (Å²) in [7, 11) is 0. The first-order valence-electron chi connectivity index (χ1n) is 2.72. The zero-order valence-electron chi connectivity index (χ0n) is 7.16. The molecule has 7 heteroatoms. The number of hydrogen-bond acceptors (Lipinski definition) is 6. The minimum atomic E-state index is -1.63. The fourth-order valence-corrected chi connectivity index (χ4v) is 0. The summed E-state index contributed by atoms with van der Waals surface area (Å²) in [6, 6.07) is 0. The van der Waals surface area contributed by atoms with E-state index in [4.69, 9.17) is 0 Å². The number of carboxylic acids is 2. The third-order valence-corrected chi connectivity index (χ3v) is 0.575. The zero-order chi connectivity index (χ0) is 10.3. The summed E-state index contributed by atoms with van der Waals surface area (Å²) >= 11 is 0. The third kappa shape index (κ3) is 18.5. The van der Waals surface area contributed by atoms with Crippen LogP contribution in [0.5, 0.6) is 0 Å². The van der Waals surface area contributed by atoms with Gasteiger partial charge in [0, 0.05) is 13.8 Å². The number of carbonyl (C=O) groups excluding carboxylic acids is 4. The molecule has 0 atom stereocenters. The van der Waals surface area contributed by atoms with E-state index in [0.29, 0.717) is 0 Å². The van der Waals surface area contributed by atoms with Crippen LogP contribution < -0.4 is 10.2 Å². The van der Waals surface area contributed by atoms with Crippen molar-refractivity contribution in [3.05, 3.63) is 0 Å². The standard InChI is InChI=1S/2C3H4O3.Ca/c2*1-2(4)3(5)6;/h2*1H3,(H,5,6);/q;;+2/p-2. The Morgan fingerprint density at radius 3 is 0.846 bits per heavy atom. The van der Waals surface area contributed by atoms with E-state index in [0.717, 1.165) is 13.8 Å². The molecule has 0 aromatic heterocycles. The molecular formula is C6H6CaO6. The number of rotatable bonds is 2. The molecule has 0 aliphatic rings. The van der Waals surface area contributed by atoms with Gasteiger partial charge in [0.2, 0.25) is 0 Å². The van der Waals surface area contributed by atoms with Gasteiger partial charge in [-0.05, 0) is 0 Å². The van der Waals surface area contributed by atoms with Crippen molar-refractivity contribution in [2.24, 2.45) is 0 Å². The van der Waals surface area contributed by atoms with Crippen molar-refractivity contribution in [3.63, 3.8) is 0 Å². The Balaban J connectivity index is -0.000000143. The van der Waals surface area contributed by atoms with Gasteiger partial charge in [0.05, 0.1) is 0 Å². The average Bonchev–Trinajstić information content (AvgIpc) is 1.88. The molecule has 0 rings (SSSR count). The summed E-state index contributed by atoms with van der Waals surface area (Å²) in [5.74, 6) is -5.13. The minimum Gasteiger partial charge on any atom is -0.542 e. The van der Waals surface area contributed by atoms with E-state index in [1.807, 2.05) is 0 Å². The van der Waals surface area contributed by atoms with Crippen LogP contribution in [0.3, 0.4) is 0 Å². The van der Waals surface area contributed by atoms with Gasteiger partial charge in [-0.15, -0.1) is 0 Å². The predicted molar refractivity (Wildman–Crippen MR) is 37.1 cm³/mol. The molecule has 13 heavy (non-hydrogen) atoms. The van der Waals surface area contributed by atoms with Crippen LogP contribution in [0.15, 0.2) is 0 Å². The van der Waals surface area contributed by atoms with E-state index >= 15 is 0 Å². The van der Waals surface area contributed by atoms with Gasteiger partial charge in [-0.3, -0.25) is 9.59 Å². The van der Waals surface area contributed by atoms with Gasteiger partial charge in [0.25, 0.3) is 0 Å². The second kappa shape index (κ2) is 9.63. The van der Waals surface area contributed by atoms with Crippen molar-refractivity contribution in [2.45, 2.75) is 13.8 Å². The van der Waals surface area contributed by atoms with Crippen LogP contribution in [0.1, 0.15) is 13.8 Å². The third-order valence-electron chi connectivity index (χ3n) is 0.575. The maximum absolute atomic E-state index is 9.48. The summed E-state index contributed by atoms with van der Waals surface area (Å²) in [4.78, 5) is 37.4. The first-order chi connectivity index (χ1) is 5.29. The molecule has 0 aliphatic heterocycles. The first kappa shape index (κ1) is 18.3. The Hall–Kier alpha value is -0.460. The molecule has 0 aromatic carbocycles. The molecule has 0 aliphatic carbocycles. The molecule has 0 N–H and O–H groups in total. The molecule has 68 valence electrons. The topological polar surface area (TPSA) is 114 Å². The molecule has 0 saturated carbocycles. The van der Waals surface area contributed by atoms with Gasteiger partial charge in [-0.2, -0.15) is 0 Å². The van der Waals surface area contributed by atoms with Crippen molar-refractivity contribution >= 4 is 61.2 Å². The van der Waals surface area contributed by atoms with Crippen molar-refractivity contribution < 1.29 is 29.4 Å².